The Morgan fingerprint density at radius 3 is 2.57 bits per heavy atom. The zero-order valence-electron chi connectivity index (χ0n) is 25.7. The number of benzene rings is 1. The molecule has 2 atom stereocenters. The Morgan fingerprint density at radius 2 is 1.82 bits per heavy atom. The third-order valence-corrected chi connectivity index (χ3v) is 10.2. The molecule has 1 spiro atoms. The Bertz CT molecular complexity index is 1590. The van der Waals surface area contributed by atoms with Crippen LogP contribution in [0.3, 0.4) is 0 Å². The fourth-order valence-corrected chi connectivity index (χ4v) is 7.55. The molecule has 6 rings (SSSR count). The van der Waals surface area contributed by atoms with Gasteiger partial charge in [0, 0.05) is 68.3 Å². The first kappa shape index (κ1) is 30.6. The quantitative estimate of drug-likeness (QED) is 0.397. The average molecular weight is 611 g/mol. The molecular weight excluding hydrogens is 569 g/mol. The van der Waals surface area contributed by atoms with Crippen molar-refractivity contribution in [1.29, 1.82) is 0 Å². The van der Waals surface area contributed by atoms with Gasteiger partial charge in [-0.05, 0) is 76.9 Å². The van der Waals surface area contributed by atoms with Gasteiger partial charge in [0.25, 0.3) is 5.56 Å². The molecule has 11 heteroatoms. The van der Waals surface area contributed by atoms with Crippen LogP contribution < -0.4 is 5.56 Å². The number of halogens is 3. The highest BCUT2D eigenvalue weighted by Gasteiger charge is 2.47. The Balaban J connectivity index is 1.25. The van der Waals surface area contributed by atoms with Crippen LogP contribution in [-0.2, 0) is 6.54 Å². The molecule has 1 saturated carbocycles. The lowest BCUT2D eigenvalue weighted by atomic mass is 9.89. The third-order valence-electron chi connectivity index (χ3n) is 10.2. The molecule has 2 aromatic heterocycles. The third kappa shape index (κ3) is 5.72. The first-order valence-corrected chi connectivity index (χ1v) is 15.7. The van der Waals surface area contributed by atoms with Gasteiger partial charge in [-0.15, -0.1) is 0 Å². The maximum Gasteiger partial charge on any atom is 0.320 e. The molecule has 1 aliphatic carbocycles. The van der Waals surface area contributed by atoms with E-state index in [1.807, 2.05) is 11.9 Å². The highest BCUT2D eigenvalue weighted by molar-refractivity contribution is 5.75. The number of nitrogens with zero attached hydrogens (tertiary/aromatic N) is 6. The highest BCUT2D eigenvalue weighted by atomic mass is 19.1. The summed E-state index contributed by atoms with van der Waals surface area (Å²) in [6.07, 6.45) is 7.81. The van der Waals surface area contributed by atoms with E-state index in [4.69, 9.17) is 0 Å². The second-order valence-corrected chi connectivity index (χ2v) is 13.0. The number of piperazine rings is 1. The van der Waals surface area contributed by atoms with Gasteiger partial charge >= 0.3 is 6.03 Å². The zero-order valence-corrected chi connectivity index (χ0v) is 25.7. The summed E-state index contributed by atoms with van der Waals surface area (Å²) in [7, 11) is 2.04. The summed E-state index contributed by atoms with van der Waals surface area (Å²) in [4.78, 5) is 40.1. The molecule has 3 aromatic rings. The normalized spacial score (nSPS) is 22.5. The number of likely N-dealkylation sites (tertiary alicyclic amines) is 1. The molecule has 0 radical (unpaired) electrons. The van der Waals surface area contributed by atoms with Crippen molar-refractivity contribution in [1.82, 2.24) is 29.0 Å². The van der Waals surface area contributed by atoms with Crippen LogP contribution in [-0.4, -0.2) is 85.9 Å². The lowest BCUT2D eigenvalue weighted by molar-refractivity contribution is -0.00555. The largest absolute Gasteiger partial charge is 0.321 e. The Kier molecular flexibility index (Phi) is 8.45. The van der Waals surface area contributed by atoms with Crippen LogP contribution in [0.15, 0.2) is 47.5 Å². The highest BCUT2D eigenvalue weighted by Crippen LogP contribution is 2.41. The molecule has 2 amide bonds. The van der Waals surface area contributed by atoms with Gasteiger partial charge in [0.2, 0.25) is 0 Å². The fourth-order valence-electron chi connectivity index (χ4n) is 7.55. The molecule has 44 heavy (non-hydrogen) atoms. The van der Waals surface area contributed by atoms with Gasteiger partial charge in [-0.1, -0.05) is 12.8 Å². The van der Waals surface area contributed by atoms with E-state index in [2.05, 4.69) is 28.6 Å². The molecule has 3 fully saturated rings. The minimum Gasteiger partial charge on any atom is -0.321 e. The summed E-state index contributed by atoms with van der Waals surface area (Å²) in [5.74, 6) is -1.53. The van der Waals surface area contributed by atoms with E-state index in [1.165, 1.54) is 22.6 Å². The average Bonchev–Trinajstić information content (AvgIpc) is 3.48. The summed E-state index contributed by atoms with van der Waals surface area (Å²) in [6.45, 7) is 6.52. The summed E-state index contributed by atoms with van der Waals surface area (Å²) in [5.41, 5.74) is 0.485. The number of hydrogen-bond acceptors (Lipinski definition) is 5. The standard InChI is InChI=1S/C33H41F3N6O2/c1-22(2)38(3)26-10-13-41(29(17-26)27-16-24(34)6-8-28(27)36)32(44)39-14-15-40(33(21-39)11-4-5-12-33)19-23-18-37-30-9-7-25(35)20-42(30)31(23)43/h6-9,16,18,20,22,26,29H,4-5,10-15,17,19,21H2,1-3H3/t26-,29+/m1/s1. The maximum atomic E-state index is 15.2. The molecule has 0 bridgehead atoms. The van der Waals surface area contributed by atoms with Gasteiger partial charge in [0.05, 0.1) is 11.6 Å². The van der Waals surface area contributed by atoms with Crippen molar-refractivity contribution in [2.45, 2.75) is 82.6 Å². The van der Waals surface area contributed by atoms with Crippen molar-refractivity contribution >= 4 is 11.7 Å². The summed E-state index contributed by atoms with van der Waals surface area (Å²) in [5, 5.41) is 0. The van der Waals surface area contributed by atoms with E-state index in [1.54, 1.807) is 11.1 Å². The molecule has 1 aromatic carbocycles. The smallest absolute Gasteiger partial charge is 0.320 e. The van der Waals surface area contributed by atoms with Gasteiger partial charge < -0.3 is 14.7 Å². The molecule has 3 aliphatic rings. The maximum absolute atomic E-state index is 15.2. The van der Waals surface area contributed by atoms with Gasteiger partial charge in [-0.3, -0.25) is 14.1 Å². The van der Waals surface area contributed by atoms with E-state index in [0.29, 0.717) is 50.4 Å². The van der Waals surface area contributed by atoms with Crippen LogP contribution in [0.4, 0.5) is 18.0 Å². The number of piperidine rings is 1. The van der Waals surface area contributed by atoms with Crippen LogP contribution >= 0.6 is 0 Å². The van der Waals surface area contributed by atoms with Crippen molar-refractivity contribution < 1.29 is 18.0 Å². The van der Waals surface area contributed by atoms with Gasteiger partial charge in [0.15, 0.2) is 0 Å². The number of aromatic nitrogens is 2. The van der Waals surface area contributed by atoms with Crippen LogP contribution in [0.25, 0.3) is 5.65 Å². The predicted molar refractivity (Wildman–Crippen MR) is 162 cm³/mol. The fraction of sp³-hybridized carbons (Fsp3) is 0.545. The number of urea groups is 1. The lowest BCUT2D eigenvalue weighted by Gasteiger charge is -2.51. The minimum atomic E-state index is -0.583. The predicted octanol–water partition coefficient (Wildman–Crippen LogP) is 5.21. The molecule has 8 nitrogen and oxygen atoms in total. The van der Waals surface area contributed by atoms with Crippen molar-refractivity contribution in [3.8, 4) is 0 Å². The molecule has 0 N–H and O–H groups in total. The van der Waals surface area contributed by atoms with Crippen molar-refractivity contribution in [2.75, 3.05) is 33.2 Å². The molecule has 2 aliphatic heterocycles. The van der Waals surface area contributed by atoms with Gasteiger partial charge in [-0.2, -0.15) is 0 Å². The molecule has 0 unspecified atom stereocenters. The van der Waals surface area contributed by atoms with Crippen LogP contribution in [0.2, 0.25) is 0 Å². The summed E-state index contributed by atoms with van der Waals surface area (Å²) in [6, 6.07) is 5.93. The molecule has 236 valence electrons. The van der Waals surface area contributed by atoms with Gasteiger partial charge in [0.1, 0.15) is 23.1 Å². The van der Waals surface area contributed by atoms with Crippen molar-refractivity contribution in [2.24, 2.45) is 0 Å². The van der Waals surface area contributed by atoms with Gasteiger partial charge in [-0.25, -0.2) is 22.9 Å². The number of amides is 2. The number of pyridine rings is 1. The topological polar surface area (TPSA) is 64.4 Å². The zero-order chi connectivity index (χ0) is 31.2. The Hall–Kier alpha value is -3.44. The van der Waals surface area contributed by atoms with Crippen LogP contribution in [0, 0.1) is 17.5 Å². The molecule has 2 saturated heterocycles. The SMILES string of the molecule is CC(C)N(C)[C@@H]1CCN(C(=O)N2CCN(Cc3cnc4ccc(F)cn4c3=O)C3(CCCC3)C2)[C@H](c2cc(F)ccc2F)C1. The number of carbonyl (C=O) groups is 1. The van der Waals surface area contributed by atoms with Crippen LogP contribution in [0.1, 0.15) is 69.5 Å². The Morgan fingerprint density at radius 1 is 1.07 bits per heavy atom. The van der Waals surface area contributed by atoms with Crippen molar-refractivity contribution in [3.05, 3.63) is 81.7 Å². The number of carbonyl (C=O) groups excluding carboxylic acids is 1. The number of rotatable bonds is 5. The van der Waals surface area contributed by atoms with Crippen LogP contribution in [0.5, 0.6) is 0 Å². The monoisotopic (exact) mass is 610 g/mol. The summed E-state index contributed by atoms with van der Waals surface area (Å²) < 4.78 is 44.7. The molecular formula is C33H41F3N6O2. The molecule has 4 heterocycles. The van der Waals surface area contributed by atoms with E-state index < -0.39 is 23.5 Å². The van der Waals surface area contributed by atoms with E-state index in [-0.39, 0.29) is 34.8 Å². The summed E-state index contributed by atoms with van der Waals surface area (Å²) >= 11 is 0. The van der Waals surface area contributed by atoms with E-state index in [9.17, 15) is 18.4 Å². The van der Waals surface area contributed by atoms with E-state index >= 15 is 4.39 Å². The number of fused-ring (bicyclic) bond motifs is 1. The minimum absolute atomic E-state index is 0.132. The second kappa shape index (κ2) is 12.2. The first-order chi connectivity index (χ1) is 21.1. The second-order valence-electron chi connectivity index (χ2n) is 13.0. The van der Waals surface area contributed by atoms with E-state index in [0.717, 1.165) is 50.4 Å². The van der Waals surface area contributed by atoms with Crippen molar-refractivity contribution in [3.63, 3.8) is 0 Å². The number of hydrogen-bond donors (Lipinski definition) is 0. The Labute approximate surface area is 256 Å². The first-order valence-electron chi connectivity index (χ1n) is 15.7. The lowest BCUT2D eigenvalue weighted by Crippen LogP contribution is -2.64.